The van der Waals surface area contributed by atoms with Crippen LogP contribution in [0.25, 0.3) is 0 Å². The van der Waals surface area contributed by atoms with Gasteiger partial charge in [-0.15, -0.1) is 0 Å². The van der Waals surface area contributed by atoms with E-state index in [0.29, 0.717) is 6.42 Å². The lowest BCUT2D eigenvalue weighted by atomic mass is 9.89. The first-order valence-corrected chi connectivity index (χ1v) is 7.38. The summed E-state index contributed by atoms with van der Waals surface area (Å²) in [5.74, 6) is -0.229. The van der Waals surface area contributed by atoms with Gasteiger partial charge in [0.05, 0.1) is 4.92 Å². The Morgan fingerprint density at radius 2 is 2.10 bits per heavy atom. The molecule has 0 spiro atoms. The molecule has 0 aliphatic heterocycles. The fraction of sp³-hybridized carbons (Fsp3) is 0.286. The highest BCUT2D eigenvalue weighted by molar-refractivity contribution is 7.74. The number of aryl methyl sites for hydroxylation is 1. The van der Waals surface area contributed by atoms with Crippen molar-refractivity contribution in [3.8, 4) is 0 Å². The van der Waals surface area contributed by atoms with Crippen molar-refractivity contribution in [3.05, 3.63) is 69.4 Å². The normalized spacial score (nSPS) is 20.7. The molecule has 0 saturated carbocycles. The molecule has 0 heterocycles. The maximum atomic E-state index is 11.0. The third-order valence-corrected chi connectivity index (χ3v) is 3.68. The van der Waals surface area contributed by atoms with Crippen molar-refractivity contribution in [3.63, 3.8) is 0 Å². The second kappa shape index (κ2) is 6.75. The van der Waals surface area contributed by atoms with Crippen LogP contribution in [0.2, 0.25) is 0 Å². The van der Waals surface area contributed by atoms with E-state index < -0.39 is 22.4 Å². The first-order valence-electron chi connectivity index (χ1n) is 6.34. The van der Waals surface area contributed by atoms with Crippen molar-refractivity contribution < 1.29 is 17.9 Å². The molecule has 3 unspecified atom stereocenters. The molecule has 1 N–H and O–H groups in total. The quantitative estimate of drug-likeness (QED) is 0.513. The second-order valence-corrected chi connectivity index (χ2v) is 5.42. The Hall–Kier alpha value is -1.83. The minimum Gasteiger partial charge on any atom is -0.284 e. The Labute approximate surface area is 124 Å². The van der Waals surface area contributed by atoms with Crippen LogP contribution in [-0.2, 0) is 15.5 Å². The lowest BCUT2D eigenvalue weighted by Gasteiger charge is -2.23. The van der Waals surface area contributed by atoms with Crippen LogP contribution in [0.5, 0.6) is 0 Å². The van der Waals surface area contributed by atoms with Gasteiger partial charge in [-0.3, -0.25) is 18.9 Å². The van der Waals surface area contributed by atoms with Gasteiger partial charge in [0.1, 0.15) is 6.10 Å². The van der Waals surface area contributed by atoms with Crippen LogP contribution in [0.3, 0.4) is 0 Å². The van der Waals surface area contributed by atoms with E-state index >= 15 is 0 Å². The summed E-state index contributed by atoms with van der Waals surface area (Å²) in [5, 5.41) is 10.7. The molecule has 0 aromatic heterocycles. The fourth-order valence-electron chi connectivity index (χ4n) is 2.20. The zero-order valence-electron chi connectivity index (χ0n) is 11.3. The Morgan fingerprint density at radius 1 is 1.43 bits per heavy atom. The topological polar surface area (TPSA) is 89.7 Å². The molecule has 1 aromatic carbocycles. The van der Waals surface area contributed by atoms with E-state index in [9.17, 15) is 14.3 Å². The Balaban J connectivity index is 2.22. The number of hydrogen-bond acceptors (Lipinski definition) is 4. The van der Waals surface area contributed by atoms with Crippen LogP contribution in [0.1, 0.15) is 23.7 Å². The van der Waals surface area contributed by atoms with E-state index in [1.54, 1.807) is 6.08 Å². The number of allylic oxidation sites excluding steroid dienone is 2. The minimum absolute atomic E-state index is 0.0269. The van der Waals surface area contributed by atoms with Crippen LogP contribution >= 0.6 is 0 Å². The average molecular weight is 309 g/mol. The van der Waals surface area contributed by atoms with Crippen molar-refractivity contribution in [1.82, 2.24) is 0 Å². The Bertz CT molecular complexity index is 608. The lowest BCUT2D eigenvalue weighted by Crippen LogP contribution is -2.17. The van der Waals surface area contributed by atoms with Crippen LogP contribution in [-0.4, -0.2) is 13.7 Å². The fourth-order valence-corrected chi connectivity index (χ4v) is 2.64. The van der Waals surface area contributed by atoms with E-state index in [1.165, 1.54) is 12.2 Å². The first kappa shape index (κ1) is 15.6. The molecule has 112 valence electrons. The predicted molar refractivity (Wildman–Crippen MR) is 78.1 cm³/mol. The molecule has 21 heavy (non-hydrogen) atoms. The zero-order chi connectivity index (χ0) is 15.4. The molecule has 0 radical (unpaired) electrons. The summed E-state index contributed by atoms with van der Waals surface area (Å²) in [7, 11) is 0. The monoisotopic (exact) mass is 309 g/mol. The predicted octanol–water partition coefficient (Wildman–Crippen LogP) is 2.93. The SMILES string of the molecule is Cc1ccc(C(OS(=O)O)C2C=CC([N+](=O)[O-])=CC2)cc1. The van der Waals surface area contributed by atoms with Crippen molar-refractivity contribution in [2.24, 2.45) is 5.92 Å². The van der Waals surface area contributed by atoms with E-state index in [4.69, 9.17) is 8.74 Å². The Morgan fingerprint density at radius 3 is 2.57 bits per heavy atom. The van der Waals surface area contributed by atoms with E-state index in [2.05, 4.69) is 0 Å². The second-order valence-electron chi connectivity index (χ2n) is 4.79. The standard InChI is InChI=1S/C14H15NO5S/c1-10-2-4-11(5-3-10)14(20-21(18)19)12-6-8-13(9-7-12)15(16)17/h2-6,8-9,12,14H,7H2,1H3,(H,18,19). The Kier molecular flexibility index (Phi) is 5.00. The summed E-state index contributed by atoms with van der Waals surface area (Å²) < 4.78 is 25.1. The van der Waals surface area contributed by atoms with Gasteiger partial charge in [-0.25, -0.2) is 0 Å². The molecule has 0 fully saturated rings. The van der Waals surface area contributed by atoms with Gasteiger partial charge < -0.3 is 0 Å². The van der Waals surface area contributed by atoms with Gasteiger partial charge in [0.2, 0.25) is 0 Å². The van der Waals surface area contributed by atoms with Crippen molar-refractivity contribution in [2.75, 3.05) is 0 Å². The van der Waals surface area contributed by atoms with E-state index in [-0.39, 0.29) is 11.6 Å². The highest BCUT2D eigenvalue weighted by Gasteiger charge is 2.27. The summed E-state index contributed by atoms with van der Waals surface area (Å²) in [5.41, 5.74) is 1.85. The minimum atomic E-state index is -2.41. The highest BCUT2D eigenvalue weighted by Crippen LogP contribution is 2.33. The van der Waals surface area contributed by atoms with Gasteiger partial charge in [0.15, 0.2) is 0 Å². The summed E-state index contributed by atoms with van der Waals surface area (Å²) >= 11 is -2.41. The van der Waals surface area contributed by atoms with Gasteiger partial charge in [-0.2, -0.15) is 4.21 Å². The molecule has 7 heteroatoms. The summed E-state index contributed by atoms with van der Waals surface area (Å²) in [6.45, 7) is 1.94. The van der Waals surface area contributed by atoms with E-state index in [1.807, 2.05) is 31.2 Å². The van der Waals surface area contributed by atoms with Crippen LogP contribution in [0.4, 0.5) is 0 Å². The average Bonchev–Trinajstić information content (AvgIpc) is 2.46. The maximum absolute atomic E-state index is 11.0. The summed E-state index contributed by atoms with van der Waals surface area (Å²) in [4.78, 5) is 10.2. The number of rotatable bonds is 5. The van der Waals surface area contributed by atoms with Gasteiger partial charge in [0, 0.05) is 12.0 Å². The molecule has 2 rings (SSSR count). The van der Waals surface area contributed by atoms with Crippen LogP contribution < -0.4 is 0 Å². The molecule has 0 amide bonds. The largest absolute Gasteiger partial charge is 0.302 e. The van der Waals surface area contributed by atoms with Gasteiger partial charge in [0.25, 0.3) is 5.70 Å². The van der Waals surface area contributed by atoms with Crippen molar-refractivity contribution >= 4 is 11.4 Å². The maximum Gasteiger partial charge on any atom is 0.302 e. The van der Waals surface area contributed by atoms with E-state index in [0.717, 1.165) is 11.1 Å². The first-order chi connectivity index (χ1) is 9.97. The van der Waals surface area contributed by atoms with Gasteiger partial charge in [-0.1, -0.05) is 35.9 Å². The number of hydrogen-bond donors (Lipinski definition) is 1. The summed E-state index contributed by atoms with van der Waals surface area (Å²) in [6.07, 6.45) is 4.30. The molecular formula is C14H15NO5S. The molecule has 1 aliphatic rings. The van der Waals surface area contributed by atoms with Crippen molar-refractivity contribution in [2.45, 2.75) is 19.4 Å². The van der Waals surface area contributed by atoms with Crippen LogP contribution in [0.15, 0.2) is 48.2 Å². The van der Waals surface area contributed by atoms with Gasteiger partial charge in [-0.05, 0) is 25.0 Å². The lowest BCUT2D eigenvalue weighted by molar-refractivity contribution is -0.419. The number of benzene rings is 1. The third kappa shape index (κ3) is 4.07. The smallest absolute Gasteiger partial charge is 0.284 e. The molecule has 0 bridgehead atoms. The van der Waals surface area contributed by atoms with Crippen LogP contribution in [0, 0.1) is 23.0 Å². The van der Waals surface area contributed by atoms with Gasteiger partial charge >= 0.3 is 11.4 Å². The molecule has 1 aliphatic carbocycles. The molecule has 0 saturated heterocycles. The summed E-state index contributed by atoms with van der Waals surface area (Å²) in [6, 6.07) is 7.43. The molecule has 1 aromatic rings. The molecule has 3 atom stereocenters. The molecule has 6 nitrogen and oxygen atoms in total. The molecular weight excluding hydrogens is 294 g/mol. The third-order valence-electron chi connectivity index (χ3n) is 3.30. The zero-order valence-corrected chi connectivity index (χ0v) is 12.2. The highest BCUT2D eigenvalue weighted by atomic mass is 32.2. The van der Waals surface area contributed by atoms with Crippen molar-refractivity contribution in [1.29, 1.82) is 0 Å². The number of nitrogens with zero attached hydrogens (tertiary/aromatic N) is 1. The number of nitro groups is 1.